The zero-order valence-corrected chi connectivity index (χ0v) is 12.9. The molecule has 2 aliphatic carbocycles. The molecule has 1 heterocycles. The minimum atomic E-state index is -0.486. The van der Waals surface area contributed by atoms with Crippen molar-refractivity contribution in [2.45, 2.75) is 20.3 Å². The van der Waals surface area contributed by atoms with Crippen LogP contribution in [0.4, 0.5) is 11.4 Å². The Morgan fingerprint density at radius 1 is 1.17 bits per heavy atom. The van der Waals surface area contributed by atoms with E-state index in [1.165, 1.54) is 11.6 Å². The van der Waals surface area contributed by atoms with Gasteiger partial charge in [-0.1, -0.05) is 17.7 Å². The van der Waals surface area contributed by atoms with E-state index in [0.717, 1.165) is 11.3 Å². The molecule has 1 saturated heterocycles. The van der Waals surface area contributed by atoms with E-state index in [9.17, 15) is 19.7 Å². The maximum Gasteiger partial charge on any atom is 0.274 e. The second-order valence-corrected chi connectivity index (χ2v) is 6.71. The zero-order valence-electron chi connectivity index (χ0n) is 12.9. The highest BCUT2D eigenvalue weighted by atomic mass is 16.6. The van der Waals surface area contributed by atoms with Crippen molar-refractivity contribution in [2.24, 2.45) is 23.7 Å². The van der Waals surface area contributed by atoms with Crippen LogP contribution in [0.2, 0.25) is 0 Å². The van der Waals surface area contributed by atoms with Crippen molar-refractivity contribution in [3.05, 3.63) is 45.5 Å². The van der Waals surface area contributed by atoms with Crippen LogP contribution in [0.25, 0.3) is 0 Å². The van der Waals surface area contributed by atoms with E-state index >= 15 is 0 Å². The van der Waals surface area contributed by atoms with Gasteiger partial charge in [0.2, 0.25) is 11.8 Å². The van der Waals surface area contributed by atoms with Gasteiger partial charge in [0.25, 0.3) is 5.69 Å². The number of rotatable bonds is 2. The molecule has 4 rings (SSSR count). The second-order valence-electron chi connectivity index (χ2n) is 6.71. The number of benzene rings is 1. The van der Waals surface area contributed by atoms with Gasteiger partial charge in [0.1, 0.15) is 0 Å². The van der Waals surface area contributed by atoms with Gasteiger partial charge in [0.05, 0.1) is 22.4 Å². The molecule has 0 radical (unpaired) electrons. The van der Waals surface area contributed by atoms with E-state index in [0.29, 0.717) is 11.3 Å². The van der Waals surface area contributed by atoms with Gasteiger partial charge in [-0.2, -0.15) is 0 Å². The highest BCUT2D eigenvalue weighted by Crippen LogP contribution is 2.56. The summed E-state index contributed by atoms with van der Waals surface area (Å²) in [6.45, 7) is 3.65. The molecule has 0 aromatic heterocycles. The van der Waals surface area contributed by atoms with Gasteiger partial charge in [-0.05, 0) is 38.2 Å². The predicted molar refractivity (Wildman–Crippen MR) is 82.7 cm³/mol. The summed E-state index contributed by atoms with van der Waals surface area (Å²) in [6, 6.07) is 4.52. The molecule has 6 nitrogen and oxygen atoms in total. The van der Waals surface area contributed by atoms with E-state index in [4.69, 9.17) is 0 Å². The predicted octanol–water partition coefficient (Wildman–Crippen LogP) is 2.60. The summed E-state index contributed by atoms with van der Waals surface area (Å²) in [5.41, 5.74) is 1.94. The van der Waals surface area contributed by atoms with E-state index in [2.05, 4.69) is 6.08 Å². The first-order valence-corrected chi connectivity index (χ1v) is 7.71. The first-order chi connectivity index (χ1) is 10.9. The number of carbonyl (C=O) groups is 2. The van der Waals surface area contributed by atoms with Gasteiger partial charge in [-0.3, -0.25) is 19.7 Å². The van der Waals surface area contributed by atoms with Crippen LogP contribution in [-0.4, -0.2) is 16.7 Å². The first-order valence-electron chi connectivity index (χ1n) is 7.71. The number of hydrogen-bond donors (Lipinski definition) is 0. The van der Waals surface area contributed by atoms with Gasteiger partial charge in [0, 0.05) is 11.6 Å². The van der Waals surface area contributed by atoms with Gasteiger partial charge < -0.3 is 0 Å². The number of nitro benzene ring substituents is 1. The summed E-state index contributed by atoms with van der Waals surface area (Å²) in [7, 11) is 0. The Morgan fingerprint density at radius 2 is 1.87 bits per heavy atom. The molecule has 1 aromatic rings. The van der Waals surface area contributed by atoms with Gasteiger partial charge in [0.15, 0.2) is 0 Å². The maximum absolute atomic E-state index is 12.8. The fourth-order valence-electron chi connectivity index (χ4n) is 4.46. The molecule has 118 valence electrons. The fraction of sp³-hybridized carbons (Fsp3) is 0.412. The minimum Gasteiger partial charge on any atom is -0.274 e. The van der Waals surface area contributed by atoms with Crippen molar-refractivity contribution in [3.63, 3.8) is 0 Å². The number of imide groups is 1. The number of amides is 2. The molecule has 6 heteroatoms. The highest BCUT2D eigenvalue weighted by Gasteiger charge is 2.61. The van der Waals surface area contributed by atoms with Crippen LogP contribution < -0.4 is 4.90 Å². The van der Waals surface area contributed by atoms with Gasteiger partial charge in [-0.25, -0.2) is 4.90 Å². The summed E-state index contributed by atoms with van der Waals surface area (Å²) in [4.78, 5) is 37.4. The number of fused-ring (bicyclic) bond motifs is 5. The van der Waals surface area contributed by atoms with Crippen LogP contribution in [-0.2, 0) is 9.59 Å². The molecule has 2 bridgehead atoms. The van der Waals surface area contributed by atoms with E-state index in [1.807, 2.05) is 6.92 Å². The molecule has 0 spiro atoms. The molecule has 4 atom stereocenters. The maximum atomic E-state index is 12.8. The largest absolute Gasteiger partial charge is 0.274 e. The number of allylic oxidation sites excluding steroid dienone is 2. The molecule has 0 N–H and O–H groups in total. The Morgan fingerprint density at radius 3 is 2.57 bits per heavy atom. The van der Waals surface area contributed by atoms with Crippen LogP contribution in [0.15, 0.2) is 29.8 Å². The summed E-state index contributed by atoms with van der Waals surface area (Å²) in [6.07, 6.45) is 2.98. The van der Waals surface area contributed by atoms with Crippen molar-refractivity contribution in [1.29, 1.82) is 0 Å². The molecule has 1 aromatic carbocycles. The smallest absolute Gasteiger partial charge is 0.274 e. The van der Waals surface area contributed by atoms with Crippen molar-refractivity contribution < 1.29 is 14.5 Å². The zero-order chi connectivity index (χ0) is 16.5. The Labute approximate surface area is 132 Å². The summed E-state index contributed by atoms with van der Waals surface area (Å²) in [5, 5.41) is 11.1. The molecule has 23 heavy (non-hydrogen) atoms. The standard InChI is InChI=1S/C17H16N2O4/c1-8-3-4-11(7-13(8)19(22)23)18-16(20)14-10-5-9(2)12(6-10)15(14)17(18)21/h3-5,7,10,12,14-15H,6H2,1-2H3/t10-,12+,14+,15-/m0/s1. The third kappa shape index (κ3) is 1.75. The number of carbonyl (C=O) groups excluding carboxylic acids is 2. The van der Waals surface area contributed by atoms with Crippen LogP contribution in [0, 0.1) is 40.7 Å². The Bertz CT molecular complexity index is 798. The summed E-state index contributed by atoms with van der Waals surface area (Å²) < 4.78 is 0. The van der Waals surface area contributed by atoms with Gasteiger partial charge >= 0.3 is 0 Å². The number of nitrogens with zero attached hydrogens (tertiary/aromatic N) is 2. The SMILES string of the molecule is CC1=C[C@H]2C[C@H]1[C@@H]1C(=O)N(c3ccc(C)c([N+](=O)[O-])c3)C(=O)[C@@H]12. The molecule has 1 aliphatic heterocycles. The minimum absolute atomic E-state index is 0.0718. The summed E-state index contributed by atoms with van der Waals surface area (Å²) >= 11 is 0. The van der Waals surface area contributed by atoms with Crippen LogP contribution in [0.3, 0.4) is 0 Å². The lowest BCUT2D eigenvalue weighted by molar-refractivity contribution is -0.385. The fourth-order valence-corrected chi connectivity index (χ4v) is 4.46. The lowest BCUT2D eigenvalue weighted by Crippen LogP contribution is -2.33. The van der Waals surface area contributed by atoms with E-state index in [1.54, 1.807) is 19.1 Å². The first kappa shape index (κ1) is 14.1. The second kappa shape index (κ2) is 4.50. The number of anilines is 1. The molecule has 2 fully saturated rings. The molecule has 2 amide bonds. The number of aryl methyl sites for hydroxylation is 1. The van der Waals surface area contributed by atoms with E-state index < -0.39 is 4.92 Å². The quantitative estimate of drug-likeness (QED) is 0.364. The monoisotopic (exact) mass is 312 g/mol. The number of nitro groups is 1. The molecule has 3 aliphatic rings. The Hall–Kier alpha value is -2.50. The van der Waals surface area contributed by atoms with Gasteiger partial charge in [-0.15, -0.1) is 0 Å². The van der Waals surface area contributed by atoms with Crippen molar-refractivity contribution in [2.75, 3.05) is 4.90 Å². The molecule has 0 unspecified atom stereocenters. The van der Waals surface area contributed by atoms with E-state index in [-0.39, 0.29) is 41.2 Å². The normalized spacial score (nSPS) is 31.6. The van der Waals surface area contributed by atoms with Crippen molar-refractivity contribution in [1.82, 2.24) is 0 Å². The third-order valence-electron chi connectivity index (χ3n) is 5.53. The molecular weight excluding hydrogens is 296 g/mol. The van der Waals surface area contributed by atoms with Crippen LogP contribution in [0.5, 0.6) is 0 Å². The molecular formula is C17H16N2O4. The van der Waals surface area contributed by atoms with Crippen molar-refractivity contribution in [3.8, 4) is 0 Å². The average Bonchev–Trinajstić information content (AvgIpc) is 3.11. The third-order valence-corrected chi connectivity index (χ3v) is 5.53. The average molecular weight is 312 g/mol. The van der Waals surface area contributed by atoms with Crippen LogP contribution in [0.1, 0.15) is 18.9 Å². The lowest BCUT2D eigenvalue weighted by atomic mass is 9.82. The Balaban J connectivity index is 1.75. The number of hydrogen-bond acceptors (Lipinski definition) is 4. The summed E-state index contributed by atoms with van der Waals surface area (Å²) in [5.74, 6) is -0.735. The Kier molecular flexibility index (Phi) is 2.76. The molecule has 1 saturated carbocycles. The van der Waals surface area contributed by atoms with Crippen molar-refractivity contribution >= 4 is 23.2 Å². The van der Waals surface area contributed by atoms with Crippen LogP contribution >= 0.6 is 0 Å². The highest BCUT2D eigenvalue weighted by molar-refractivity contribution is 6.23. The topological polar surface area (TPSA) is 80.5 Å². The lowest BCUT2D eigenvalue weighted by Gasteiger charge is -2.19.